The van der Waals surface area contributed by atoms with Crippen molar-refractivity contribution in [2.45, 2.75) is 58.2 Å². The third-order valence-electron chi connectivity index (χ3n) is 4.16. The monoisotopic (exact) mass is 212 g/mol. The molecule has 0 aromatic carbocycles. The van der Waals surface area contributed by atoms with E-state index in [2.05, 4.69) is 20.8 Å². The smallest absolute Gasteiger partial charge is 0.0657 e. The molecule has 0 heterocycles. The largest absolute Gasteiger partial charge is 0.390 e. The van der Waals surface area contributed by atoms with Crippen LogP contribution in [0, 0.1) is 17.8 Å². The van der Waals surface area contributed by atoms with Crippen LogP contribution < -0.4 is 0 Å². The number of ether oxygens (including phenoxy) is 1. The van der Waals surface area contributed by atoms with Crippen LogP contribution in [0.15, 0.2) is 0 Å². The van der Waals surface area contributed by atoms with Crippen LogP contribution in [0.4, 0.5) is 0 Å². The fourth-order valence-corrected chi connectivity index (χ4v) is 3.99. The van der Waals surface area contributed by atoms with E-state index in [9.17, 15) is 5.11 Å². The van der Waals surface area contributed by atoms with Gasteiger partial charge in [0.1, 0.15) is 0 Å². The van der Waals surface area contributed by atoms with Crippen LogP contribution in [0.25, 0.3) is 0 Å². The van der Waals surface area contributed by atoms with Gasteiger partial charge in [0, 0.05) is 6.61 Å². The molecule has 0 aromatic heterocycles. The minimum atomic E-state index is -0.380. The highest BCUT2D eigenvalue weighted by Gasteiger charge is 2.47. The van der Waals surface area contributed by atoms with E-state index in [0.717, 1.165) is 25.9 Å². The molecule has 2 bridgehead atoms. The number of fused-ring (bicyclic) bond motifs is 2. The molecule has 88 valence electrons. The minimum Gasteiger partial charge on any atom is -0.390 e. The summed E-state index contributed by atoms with van der Waals surface area (Å²) < 4.78 is 5.86. The number of hydrogen-bond donors (Lipinski definition) is 1. The van der Waals surface area contributed by atoms with E-state index in [0.29, 0.717) is 23.9 Å². The summed E-state index contributed by atoms with van der Waals surface area (Å²) in [5.41, 5.74) is -0.380. The molecule has 0 radical (unpaired) electrons. The quantitative estimate of drug-likeness (QED) is 0.762. The molecule has 2 aliphatic carbocycles. The SMILES string of the molecule is CCOC1C(C)CC2(O)CC(C)CC1C2. The number of hydrogen-bond acceptors (Lipinski definition) is 2. The summed E-state index contributed by atoms with van der Waals surface area (Å²) in [6, 6.07) is 0. The average Bonchev–Trinajstić information content (AvgIpc) is 2.09. The van der Waals surface area contributed by atoms with Crippen LogP contribution in [0.1, 0.15) is 46.5 Å². The highest BCUT2D eigenvalue weighted by atomic mass is 16.5. The summed E-state index contributed by atoms with van der Waals surface area (Å²) in [4.78, 5) is 0. The first-order chi connectivity index (χ1) is 7.04. The second kappa shape index (κ2) is 4.06. The highest BCUT2D eigenvalue weighted by molar-refractivity contribution is 4.99. The Labute approximate surface area is 93.0 Å². The molecular weight excluding hydrogens is 188 g/mol. The molecular formula is C13H24O2. The normalized spacial score (nSPS) is 50.4. The summed E-state index contributed by atoms with van der Waals surface area (Å²) in [6.45, 7) is 7.36. The summed E-state index contributed by atoms with van der Waals surface area (Å²) in [5, 5.41) is 10.5. The molecule has 2 nitrogen and oxygen atoms in total. The standard InChI is InChI=1S/C13H24O2/c1-4-15-12-10(3)7-13(14)6-9(2)5-11(12)8-13/h9-12,14H,4-8H2,1-3H3. The molecule has 2 heteroatoms. The van der Waals surface area contributed by atoms with Crippen molar-refractivity contribution >= 4 is 0 Å². The first kappa shape index (κ1) is 11.4. The third kappa shape index (κ3) is 2.21. The fraction of sp³-hybridized carbons (Fsp3) is 1.00. The van der Waals surface area contributed by atoms with Gasteiger partial charge in [-0.05, 0) is 50.4 Å². The molecule has 0 aromatic rings. The Hall–Kier alpha value is -0.0800. The van der Waals surface area contributed by atoms with E-state index in [1.54, 1.807) is 0 Å². The predicted octanol–water partition coefficient (Wildman–Crippen LogP) is 2.60. The van der Waals surface area contributed by atoms with Gasteiger partial charge < -0.3 is 9.84 Å². The van der Waals surface area contributed by atoms with Gasteiger partial charge in [-0.1, -0.05) is 13.8 Å². The lowest BCUT2D eigenvalue weighted by Gasteiger charge is -2.50. The third-order valence-corrected chi connectivity index (χ3v) is 4.16. The Balaban J connectivity index is 2.11. The van der Waals surface area contributed by atoms with Crippen molar-refractivity contribution in [2.24, 2.45) is 17.8 Å². The van der Waals surface area contributed by atoms with Gasteiger partial charge >= 0.3 is 0 Å². The van der Waals surface area contributed by atoms with Crippen LogP contribution in [0.3, 0.4) is 0 Å². The van der Waals surface area contributed by atoms with Gasteiger partial charge in [-0.15, -0.1) is 0 Å². The van der Waals surface area contributed by atoms with Crippen LogP contribution in [0.5, 0.6) is 0 Å². The Morgan fingerprint density at radius 1 is 1.27 bits per heavy atom. The van der Waals surface area contributed by atoms with Crippen LogP contribution in [0.2, 0.25) is 0 Å². The van der Waals surface area contributed by atoms with E-state index in [-0.39, 0.29) is 5.60 Å². The van der Waals surface area contributed by atoms with Crippen LogP contribution in [-0.2, 0) is 4.74 Å². The molecule has 5 atom stereocenters. The zero-order chi connectivity index (χ0) is 11.1. The molecule has 15 heavy (non-hydrogen) atoms. The van der Waals surface area contributed by atoms with E-state index in [1.807, 2.05) is 0 Å². The van der Waals surface area contributed by atoms with Crippen molar-refractivity contribution < 1.29 is 9.84 Å². The lowest BCUT2D eigenvalue weighted by molar-refractivity contribution is -0.147. The fourth-order valence-electron chi connectivity index (χ4n) is 3.99. The number of rotatable bonds is 2. The van der Waals surface area contributed by atoms with Gasteiger partial charge in [-0.3, -0.25) is 0 Å². The average molecular weight is 212 g/mol. The van der Waals surface area contributed by atoms with Gasteiger partial charge in [0.2, 0.25) is 0 Å². The maximum Gasteiger partial charge on any atom is 0.0657 e. The Bertz CT molecular complexity index is 225. The van der Waals surface area contributed by atoms with E-state index >= 15 is 0 Å². The summed E-state index contributed by atoms with van der Waals surface area (Å²) >= 11 is 0. The summed E-state index contributed by atoms with van der Waals surface area (Å²) in [6.07, 6.45) is 4.51. The Morgan fingerprint density at radius 2 is 2.00 bits per heavy atom. The number of aliphatic hydroxyl groups is 1. The zero-order valence-corrected chi connectivity index (χ0v) is 10.2. The first-order valence-electron chi connectivity index (χ1n) is 6.38. The first-order valence-corrected chi connectivity index (χ1v) is 6.38. The molecule has 2 saturated carbocycles. The van der Waals surface area contributed by atoms with Gasteiger partial charge in [0.25, 0.3) is 0 Å². The van der Waals surface area contributed by atoms with E-state index in [4.69, 9.17) is 4.74 Å². The molecule has 1 N–H and O–H groups in total. The Kier molecular flexibility index (Phi) is 3.09. The lowest BCUT2D eigenvalue weighted by atomic mass is 9.61. The molecule has 2 fully saturated rings. The van der Waals surface area contributed by atoms with Crippen molar-refractivity contribution in [3.8, 4) is 0 Å². The van der Waals surface area contributed by atoms with Crippen molar-refractivity contribution in [3.05, 3.63) is 0 Å². The molecule has 0 saturated heterocycles. The predicted molar refractivity (Wildman–Crippen MR) is 60.6 cm³/mol. The molecule has 2 aliphatic rings. The van der Waals surface area contributed by atoms with Crippen molar-refractivity contribution in [3.63, 3.8) is 0 Å². The Morgan fingerprint density at radius 3 is 2.67 bits per heavy atom. The zero-order valence-electron chi connectivity index (χ0n) is 10.2. The second-order valence-corrected chi connectivity index (χ2v) is 5.83. The maximum atomic E-state index is 10.5. The molecule has 0 spiro atoms. The highest BCUT2D eigenvalue weighted by Crippen LogP contribution is 2.48. The minimum absolute atomic E-state index is 0.380. The van der Waals surface area contributed by atoms with Gasteiger partial charge in [0.05, 0.1) is 11.7 Å². The summed E-state index contributed by atoms with van der Waals surface area (Å²) in [5.74, 6) is 1.76. The second-order valence-electron chi connectivity index (χ2n) is 5.83. The lowest BCUT2D eigenvalue weighted by Crippen LogP contribution is -2.51. The van der Waals surface area contributed by atoms with Gasteiger partial charge in [-0.2, -0.15) is 0 Å². The van der Waals surface area contributed by atoms with Crippen molar-refractivity contribution in [1.29, 1.82) is 0 Å². The van der Waals surface area contributed by atoms with Gasteiger partial charge in [-0.25, -0.2) is 0 Å². The van der Waals surface area contributed by atoms with E-state index < -0.39 is 0 Å². The van der Waals surface area contributed by atoms with Crippen LogP contribution in [-0.4, -0.2) is 23.4 Å². The molecule has 2 rings (SSSR count). The molecule has 0 amide bonds. The van der Waals surface area contributed by atoms with Crippen molar-refractivity contribution in [2.75, 3.05) is 6.61 Å². The van der Waals surface area contributed by atoms with E-state index in [1.165, 1.54) is 6.42 Å². The maximum absolute atomic E-state index is 10.5. The molecule has 0 aliphatic heterocycles. The van der Waals surface area contributed by atoms with Gasteiger partial charge in [0.15, 0.2) is 0 Å². The van der Waals surface area contributed by atoms with Crippen molar-refractivity contribution in [1.82, 2.24) is 0 Å². The molecule has 5 unspecified atom stereocenters. The summed E-state index contributed by atoms with van der Waals surface area (Å²) in [7, 11) is 0. The van der Waals surface area contributed by atoms with Crippen LogP contribution >= 0.6 is 0 Å². The topological polar surface area (TPSA) is 29.5 Å².